The lowest BCUT2D eigenvalue weighted by molar-refractivity contribution is -0.114. The number of aromatic nitrogens is 1. The van der Waals surface area contributed by atoms with E-state index in [1.165, 1.54) is 18.3 Å². The van der Waals surface area contributed by atoms with Crippen molar-refractivity contribution < 1.29 is 9.59 Å². The molecule has 0 saturated heterocycles. The van der Waals surface area contributed by atoms with E-state index in [0.29, 0.717) is 15.8 Å². The number of carbonyl (C=O) groups excluding carboxylic acids is 2. The van der Waals surface area contributed by atoms with E-state index in [-0.39, 0.29) is 22.4 Å². The molecule has 0 unspecified atom stereocenters. The molecule has 0 saturated carbocycles. The number of thiazole rings is 1. The van der Waals surface area contributed by atoms with Gasteiger partial charge in [-0.1, -0.05) is 40.6 Å². The molecular formula is C16H11Cl2N3O2S. The van der Waals surface area contributed by atoms with Crippen molar-refractivity contribution in [1.82, 2.24) is 4.98 Å². The molecule has 2 amide bonds. The fourth-order valence-electron chi connectivity index (χ4n) is 2.10. The Hall–Kier alpha value is -2.15. The van der Waals surface area contributed by atoms with Crippen molar-refractivity contribution in [3.05, 3.63) is 52.0 Å². The number of hydrogen-bond donors (Lipinski definition) is 2. The van der Waals surface area contributed by atoms with Crippen molar-refractivity contribution >= 4 is 67.4 Å². The van der Waals surface area contributed by atoms with E-state index < -0.39 is 0 Å². The van der Waals surface area contributed by atoms with Gasteiger partial charge in [-0.2, -0.15) is 0 Å². The monoisotopic (exact) mass is 379 g/mol. The van der Waals surface area contributed by atoms with Gasteiger partial charge in [-0.25, -0.2) is 4.98 Å². The maximum Gasteiger partial charge on any atom is 0.259 e. The summed E-state index contributed by atoms with van der Waals surface area (Å²) in [4.78, 5) is 27.8. The lowest BCUT2D eigenvalue weighted by Gasteiger charge is -2.04. The van der Waals surface area contributed by atoms with Crippen LogP contribution in [0.15, 0.2) is 36.4 Å². The van der Waals surface area contributed by atoms with Crippen molar-refractivity contribution in [2.75, 3.05) is 10.6 Å². The number of hydrogen-bond acceptors (Lipinski definition) is 4. The van der Waals surface area contributed by atoms with Crippen LogP contribution >= 0.6 is 34.5 Å². The number of carbonyl (C=O) groups is 2. The van der Waals surface area contributed by atoms with Crippen molar-refractivity contribution in [1.29, 1.82) is 0 Å². The van der Waals surface area contributed by atoms with Gasteiger partial charge in [-0.15, -0.1) is 0 Å². The second kappa shape index (κ2) is 6.76. The summed E-state index contributed by atoms with van der Waals surface area (Å²) in [5, 5.41) is 6.37. The summed E-state index contributed by atoms with van der Waals surface area (Å²) in [7, 11) is 0. The van der Waals surface area contributed by atoms with Crippen LogP contribution in [-0.4, -0.2) is 16.8 Å². The van der Waals surface area contributed by atoms with Crippen LogP contribution in [0.2, 0.25) is 10.0 Å². The number of nitrogens with one attached hydrogen (secondary N) is 2. The Morgan fingerprint density at radius 1 is 1.12 bits per heavy atom. The molecule has 24 heavy (non-hydrogen) atoms. The molecule has 0 aliphatic heterocycles. The molecule has 5 nitrogen and oxygen atoms in total. The minimum atomic E-state index is -0.386. The van der Waals surface area contributed by atoms with Crippen LogP contribution in [0, 0.1) is 0 Å². The van der Waals surface area contributed by atoms with E-state index in [1.54, 1.807) is 36.4 Å². The predicted molar refractivity (Wildman–Crippen MR) is 98.3 cm³/mol. The predicted octanol–water partition coefficient (Wildman–Crippen LogP) is 4.81. The lowest BCUT2D eigenvalue weighted by atomic mass is 10.2. The summed E-state index contributed by atoms with van der Waals surface area (Å²) in [5.74, 6) is -0.536. The summed E-state index contributed by atoms with van der Waals surface area (Å²) in [6, 6.07) is 10.2. The molecule has 122 valence electrons. The number of amides is 2. The van der Waals surface area contributed by atoms with Crippen LogP contribution in [0.25, 0.3) is 10.2 Å². The zero-order valence-electron chi connectivity index (χ0n) is 12.4. The standard InChI is InChI=1S/C16H11Cl2N3O2S/c1-8(22)19-9-5-6-12-13(7-9)24-16(20-12)21-15(23)10-3-2-4-11(17)14(10)18/h2-7H,1H3,(H,19,22)(H,20,21,23). The van der Waals surface area contributed by atoms with Crippen LogP contribution in [0.4, 0.5) is 10.8 Å². The van der Waals surface area contributed by atoms with Gasteiger partial charge >= 0.3 is 0 Å². The molecule has 2 aromatic carbocycles. The second-order valence-corrected chi connectivity index (χ2v) is 6.75. The zero-order chi connectivity index (χ0) is 17.3. The molecule has 1 heterocycles. The van der Waals surface area contributed by atoms with Gasteiger partial charge < -0.3 is 5.32 Å². The maximum atomic E-state index is 12.3. The minimum absolute atomic E-state index is 0.150. The molecule has 0 fully saturated rings. The molecule has 3 aromatic rings. The number of benzene rings is 2. The van der Waals surface area contributed by atoms with Gasteiger partial charge in [-0.05, 0) is 30.3 Å². The molecular weight excluding hydrogens is 369 g/mol. The molecule has 0 atom stereocenters. The van der Waals surface area contributed by atoms with Crippen molar-refractivity contribution in [2.24, 2.45) is 0 Å². The Morgan fingerprint density at radius 2 is 1.92 bits per heavy atom. The van der Waals surface area contributed by atoms with Gasteiger partial charge in [0.05, 0.1) is 25.8 Å². The molecule has 8 heteroatoms. The molecule has 3 rings (SSSR count). The fourth-order valence-corrected chi connectivity index (χ4v) is 3.39. The number of fused-ring (bicyclic) bond motifs is 1. The Balaban J connectivity index is 1.86. The Bertz CT molecular complexity index is 956. The molecule has 0 radical (unpaired) electrons. The third kappa shape index (κ3) is 3.51. The van der Waals surface area contributed by atoms with Crippen LogP contribution in [0.3, 0.4) is 0 Å². The molecule has 1 aromatic heterocycles. The molecule has 0 spiro atoms. The maximum absolute atomic E-state index is 12.3. The highest BCUT2D eigenvalue weighted by Gasteiger charge is 2.15. The lowest BCUT2D eigenvalue weighted by Crippen LogP contribution is -2.12. The Morgan fingerprint density at radius 3 is 2.67 bits per heavy atom. The van der Waals surface area contributed by atoms with Gasteiger partial charge in [0.25, 0.3) is 5.91 Å². The Labute approximate surface area is 151 Å². The summed E-state index contributed by atoms with van der Waals surface area (Å²) in [5.41, 5.74) is 1.68. The van der Waals surface area contributed by atoms with Crippen LogP contribution in [0.1, 0.15) is 17.3 Å². The van der Waals surface area contributed by atoms with Gasteiger partial charge in [-0.3, -0.25) is 14.9 Å². The highest BCUT2D eigenvalue weighted by Crippen LogP contribution is 2.30. The van der Waals surface area contributed by atoms with Crippen molar-refractivity contribution in [3.8, 4) is 0 Å². The van der Waals surface area contributed by atoms with Gasteiger partial charge in [0, 0.05) is 12.6 Å². The topological polar surface area (TPSA) is 71.1 Å². The highest BCUT2D eigenvalue weighted by atomic mass is 35.5. The SMILES string of the molecule is CC(=O)Nc1ccc2nc(NC(=O)c3cccc(Cl)c3Cl)sc2c1. The van der Waals surface area contributed by atoms with Gasteiger partial charge in [0.15, 0.2) is 5.13 Å². The Kier molecular flexibility index (Phi) is 4.71. The molecule has 0 bridgehead atoms. The van der Waals surface area contributed by atoms with Crippen LogP contribution < -0.4 is 10.6 Å². The molecule has 0 aliphatic carbocycles. The number of halogens is 2. The normalized spacial score (nSPS) is 10.6. The fraction of sp³-hybridized carbons (Fsp3) is 0.0625. The van der Waals surface area contributed by atoms with E-state index in [2.05, 4.69) is 15.6 Å². The van der Waals surface area contributed by atoms with E-state index in [4.69, 9.17) is 23.2 Å². The number of nitrogens with zero attached hydrogens (tertiary/aromatic N) is 1. The smallest absolute Gasteiger partial charge is 0.259 e. The summed E-state index contributed by atoms with van der Waals surface area (Å²) < 4.78 is 0.841. The summed E-state index contributed by atoms with van der Waals surface area (Å²) in [6.45, 7) is 1.44. The average molecular weight is 380 g/mol. The van der Waals surface area contributed by atoms with Crippen molar-refractivity contribution in [3.63, 3.8) is 0 Å². The first-order valence-electron chi connectivity index (χ1n) is 6.87. The minimum Gasteiger partial charge on any atom is -0.326 e. The quantitative estimate of drug-likeness (QED) is 0.685. The number of rotatable bonds is 3. The third-order valence-electron chi connectivity index (χ3n) is 3.13. The summed E-state index contributed by atoms with van der Waals surface area (Å²) in [6.07, 6.45) is 0. The average Bonchev–Trinajstić information content (AvgIpc) is 2.90. The van der Waals surface area contributed by atoms with Gasteiger partial charge in [0.1, 0.15) is 0 Å². The number of anilines is 2. The van der Waals surface area contributed by atoms with Crippen LogP contribution in [0.5, 0.6) is 0 Å². The first-order chi connectivity index (χ1) is 11.4. The van der Waals surface area contributed by atoms with E-state index in [9.17, 15) is 9.59 Å². The third-order valence-corrected chi connectivity index (χ3v) is 4.88. The summed E-state index contributed by atoms with van der Waals surface area (Å²) >= 11 is 13.3. The largest absolute Gasteiger partial charge is 0.326 e. The van der Waals surface area contributed by atoms with Gasteiger partial charge in [0.2, 0.25) is 5.91 Å². The molecule has 0 aliphatic rings. The van der Waals surface area contributed by atoms with E-state index >= 15 is 0 Å². The van der Waals surface area contributed by atoms with E-state index in [1.807, 2.05) is 0 Å². The zero-order valence-corrected chi connectivity index (χ0v) is 14.7. The molecule has 2 N–H and O–H groups in total. The van der Waals surface area contributed by atoms with Crippen LogP contribution in [-0.2, 0) is 4.79 Å². The second-order valence-electron chi connectivity index (χ2n) is 4.94. The van der Waals surface area contributed by atoms with Crippen molar-refractivity contribution in [2.45, 2.75) is 6.92 Å². The van der Waals surface area contributed by atoms with E-state index in [0.717, 1.165) is 10.2 Å². The highest BCUT2D eigenvalue weighted by molar-refractivity contribution is 7.22. The first kappa shape index (κ1) is 16.7. The first-order valence-corrected chi connectivity index (χ1v) is 8.45.